The third-order valence-corrected chi connectivity index (χ3v) is 6.99. The van der Waals surface area contributed by atoms with Crippen LogP contribution < -0.4 is 10.2 Å². The van der Waals surface area contributed by atoms with Crippen LogP contribution in [-0.4, -0.2) is 73.5 Å². The fraction of sp³-hybridized carbons (Fsp3) is 0.652. The molecule has 0 spiro atoms. The third kappa shape index (κ3) is 5.16. The van der Waals surface area contributed by atoms with Gasteiger partial charge < -0.3 is 15.1 Å². The summed E-state index contributed by atoms with van der Waals surface area (Å²) in [6.45, 7) is 8.23. The van der Waals surface area contributed by atoms with Gasteiger partial charge in [-0.15, -0.1) is 12.4 Å². The van der Waals surface area contributed by atoms with Crippen LogP contribution in [0.2, 0.25) is 0 Å². The zero-order valence-corrected chi connectivity index (χ0v) is 18.8. The zero-order chi connectivity index (χ0) is 20.2. The van der Waals surface area contributed by atoms with Crippen molar-refractivity contribution in [2.24, 2.45) is 11.8 Å². The fourth-order valence-electron chi connectivity index (χ4n) is 5.09. The Morgan fingerprint density at radius 2 is 1.83 bits per heavy atom. The molecule has 166 valence electrons. The van der Waals surface area contributed by atoms with Gasteiger partial charge in [0, 0.05) is 44.8 Å². The molecule has 3 aliphatic heterocycles. The van der Waals surface area contributed by atoms with Crippen molar-refractivity contribution in [2.75, 3.05) is 50.7 Å². The van der Waals surface area contributed by atoms with Crippen molar-refractivity contribution in [2.45, 2.75) is 38.6 Å². The number of rotatable bonds is 5. The average Bonchev–Trinajstić information content (AvgIpc) is 3.16. The van der Waals surface area contributed by atoms with E-state index in [1.54, 1.807) is 0 Å². The second-order valence-electron chi connectivity index (χ2n) is 8.83. The third-order valence-electron chi connectivity index (χ3n) is 6.99. The van der Waals surface area contributed by atoms with Crippen LogP contribution in [-0.2, 0) is 9.59 Å². The lowest BCUT2D eigenvalue weighted by Gasteiger charge is -2.38. The summed E-state index contributed by atoms with van der Waals surface area (Å²) in [5, 5.41) is 3.46. The van der Waals surface area contributed by atoms with Crippen LogP contribution in [0.1, 0.15) is 32.6 Å². The monoisotopic (exact) mass is 434 g/mol. The first-order valence-electron chi connectivity index (χ1n) is 11.2. The molecular formula is C23H35ClN4O2. The highest BCUT2D eigenvalue weighted by Gasteiger charge is 2.38. The van der Waals surface area contributed by atoms with Crippen LogP contribution in [0.3, 0.4) is 0 Å². The maximum absolute atomic E-state index is 12.9. The van der Waals surface area contributed by atoms with Gasteiger partial charge in [0.1, 0.15) is 0 Å². The van der Waals surface area contributed by atoms with Crippen molar-refractivity contribution in [1.29, 1.82) is 0 Å². The number of nitrogens with one attached hydrogen (secondary N) is 1. The molecule has 3 atom stereocenters. The first-order chi connectivity index (χ1) is 14.1. The Hall–Kier alpha value is -1.63. The van der Waals surface area contributed by atoms with Gasteiger partial charge in [-0.2, -0.15) is 0 Å². The predicted octanol–water partition coefficient (Wildman–Crippen LogP) is 2.38. The first kappa shape index (κ1) is 23.0. The molecule has 1 aromatic carbocycles. The SMILES string of the molecule is CC(CC(=O)N1CCN(C2CCN(c3ccccc3)C2=O)CC1)C1CCCNC1.Cl. The summed E-state index contributed by atoms with van der Waals surface area (Å²) in [6, 6.07) is 9.89. The number of carbonyl (C=O) groups is 2. The van der Waals surface area contributed by atoms with Crippen molar-refractivity contribution in [1.82, 2.24) is 15.1 Å². The Labute approximate surface area is 186 Å². The second-order valence-corrected chi connectivity index (χ2v) is 8.83. The molecule has 2 amide bonds. The van der Waals surface area contributed by atoms with E-state index in [-0.39, 0.29) is 30.3 Å². The molecule has 1 aromatic rings. The van der Waals surface area contributed by atoms with Crippen LogP contribution in [0, 0.1) is 11.8 Å². The van der Waals surface area contributed by atoms with E-state index in [0.717, 1.165) is 57.9 Å². The number of amides is 2. The normalized spacial score (nSPS) is 26.4. The van der Waals surface area contributed by atoms with Gasteiger partial charge in [0.15, 0.2) is 0 Å². The van der Waals surface area contributed by atoms with Crippen LogP contribution in [0.15, 0.2) is 30.3 Å². The fourth-order valence-corrected chi connectivity index (χ4v) is 5.09. The van der Waals surface area contributed by atoms with E-state index in [4.69, 9.17) is 0 Å². The highest BCUT2D eigenvalue weighted by molar-refractivity contribution is 5.99. The lowest BCUT2D eigenvalue weighted by molar-refractivity contribution is -0.135. The van der Waals surface area contributed by atoms with Crippen molar-refractivity contribution < 1.29 is 9.59 Å². The summed E-state index contributed by atoms with van der Waals surface area (Å²) in [6.07, 6.45) is 3.97. The van der Waals surface area contributed by atoms with E-state index >= 15 is 0 Å². The molecule has 3 saturated heterocycles. The van der Waals surface area contributed by atoms with E-state index in [1.807, 2.05) is 40.1 Å². The molecule has 0 radical (unpaired) electrons. The first-order valence-corrected chi connectivity index (χ1v) is 11.2. The Morgan fingerprint density at radius 3 is 2.50 bits per heavy atom. The summed E-state index contributed by atoms with van der Waals surface area (Å²) in [7, 11) is 0. The number of piperidine rings is 1. The number of hydrogen-bond acceptors (Lipinski definition) is 4. The summed E-state index contributed by atoms with van der Waals surface area (Å²) in [4.78, 5) is 31.9. The average molecular weight is 435 g/mol. The molecule has 3 aliphatic rings. The summed E-state index contributed by atoms with van der Waals surface area (Å²) in [5.74, 6) is 1.54. The summed E-state index contributed by atoms with van der Waals surface area (Å²) >= 11 is 0. The molecule has 0 aromatic heterocycles. The molecule has 0 saturated carbocycles. The molecule has 0 aliphatic carbocycles. The summed E-state index contributed by atoms with van der Waals surface area (Å²) in [5.41, 5.74) is 0.986. The minimum Gasteiger partial charge on any atom is -0.340 e. The Morgan fingerprint density at radius 1 is 1.10 bits per heavy atom. The molecular weight excluding hydrogens is 400 g/mol. The topological polar surface area (TPSA) is 55.9 Å². The van der Waals surface area contributed by atoms with Crippen LogP contribution in [0.4, 0.5) is 5.69 Å². The van der Waals surface area contributed by atoms with Crippen molar-refractivity contribution in [3.63, 3.8) is 0 Å². The molecule has 3 heterocycles. The number of para-hydroxylation sites is 1. The number of benzene rings is 1. The van der Waals surface area contributed by atoms with Crippen molar-refractivity contribution >= 4 is 29.9 Å². The van der Waals surface area contributed by atoms with Gasteiger partial charge in [-0.1, -0.05) is 25.1 Å². The maximum atomic E-state index is 12.9. The summed E-state index contributed by atoms with van der Waals surface area (Å²) < 4.78 is 0. The van der Waals surface area contributed by atoms with Gasteiger partial charge in [-0.3, -0.25) is 14.5 Å². The van der Waals surface area contributed by atoms with E-state index < -0.39 is 0 Å². The zero-order valence-electron chi connectivity index (χ0n) is 18.0. The highest BCUT2D eigenvalue weighted by Crippen LogP contribution is 2.26. The van der Waals surface area contributed by atoms with E-state index in [9.17, 15) is 9.59 Å². The highest BCUT2D eigenvalue weighted by atomic mass is 35.5. The van der Waals surface area contributed by atoms with Gasteiger partial charge in [0.25, 0.3) is 0 Å². The van der Waals surface area contributed by atoms with Crippen LogP contribution in [0.5, 0.6) is 0 Å². The van der Waals surface area contributed by atoms with E-state index in [0.29, 0.717) is 18.3 Å². The Balaban J connectivity index is 0.00000256. The number of halogens is 1. The van der Waals surface area contributed by atoms with Gasteiger partial charge in [-0.05, 0) is 56.3 Å². The quantitative estimate of drug-likeness (QED) is 0.773. The van der Waals surface area contributed by atoms with E-state index in [2.05, 4.69) is 17.1 Å². The maximum Gasteiger partial charge on any atom is 0.244 e. The molecule has 7 heteroatoms. The number of nitrogens with zero attached hydrogens (tertiary/aromatic N) is 3. The minimum absolute atomic E-state index is 0. The smallest absolute Gasteiger partial charge is 0.244 e. The van der Waals surface area contributed by atoms with Crippen LogP contribution >= 0.6 is 12.4 Å². The number of piperazine rings is 1. The Kier molecular flexibility index (Phi) is 8.14. The van der Waals surface area contributed by atoms with Gasteiger partial charge in [0.2, 0.25) is 11.8 Å². The molecule has 1 N–H and O–H groups in total. The number of hydrogen-bond donors (Lipinski definition) is 1. The lowest BCUT2D eigenvalue weighted by atomic mass is 9.85. The van der Waals surface area contributed by atoms with Gasteiger partial charge >= 0.3 is 0 Å². The molecule has 4 rings (SSSR count). The molecule has 0 bridgehead atoms. The van der Waals surface area contributed by atoms with Crippen molar-refractivity contribution in [3.8, 4) is 0 Å². The number of anilines is 1. The van der Waals surface area contributed by atoms with Crippen LogP contribution in [0.25, 0.3) is 0 Å². The standard InChI is InChI=1S/C23H34N4O2.ClH/c1-18(19-6-5-10-24-17-19)16-22(28)26-14-12-25(13-15-26)21-9-11-27(23(21)29)20-7-3-2-4-8-20;/h2-4,7-8,18-19,21,24H,5-6,9-17H2,1H3;1H. The molecule has 3 fully saturated rings. The van der Waals surface area contributed by atoms with Gasteiger partial charge in [-0.25, -0.2) is 0 Å². The van der Waals surface area contributed by atoms with E-state index in [1.165, 1.54) is 12.8 Å². The van der Waals surface area contributed by atoms with Gasteiger partial charge in [0.05, 0.1) is 6.04 Å². The molecule has 30 heavy (non-hydrogen) atoms. The predicted molar refractivity (Wildman–Crippen MR) is 122 cm³/mol. The molecule has 3 unspecified atom stereocenters. The lowest BCUT2D eigenvalue weighted by Crippen LogP contribution is -2.54. The second kappa shape index (κ2) is 10.6. The molecule has 6 nitrogen and oxygen atoms in total. The van der Waals surface area contributed by atoms with Crippen molar-refractivity contribution in [3.05, 3.63) is 30.3 Å². The minimum atomic E-state index is -0.0419. The largest absolute Gasteiger partial charge is 0.340 e. The number of carbonyl (C=O) groups excluding carboxylic acids is 2. The Bertz CT molecular complexity index is 702.